The lowest BCUT2D eigenvalue weighted by Gasteiger charge is -2.28. The molecule has 1 heterocycles. The SMILES string of the molecule is CC(NC(=O)CCC(=O)O)C1CCOCC1. The Kier molecular flexibility index (Phi) is 5.25. The molecule has 1 aliphatic heterocycles. The lowest BCUT2D eigenvalue weighted by molar-refractivity contribution is -0.139. The van der Waals surface area contributed by atoms with Crippen molar-refractivity contribution in [3.8, 4) is 0 Å². The maximum absolute atomic E-state index is 11.4. The van der Waals surface area contributed by atoms with Gasteiger partial charge in [0.05, 0.1) is 6.42 Å². The average molecular weight is 229 g/mol. The minimum atomic E-state index is -0.936. The van der Waals surface area contributed by atoms with Gasteiger partial charge in [0.15, 0.2) is 0 Å². The Hall–Kier alpha value is -1.10. The van der Waals surface area contributed by atoms with Crippen molar-refractivity contribution in [3.05, 3.63) is 0 Å². The summed E-state index contributed by atoms with van der Waals surface area (Å²) in [7, 11) is 0. The summed E-state index contributed by atoms with van der Waals surface area (Å²) in [6.07, 6.45) is 1.87. The molecule has 1 fully saturated rings. The molecule has 0 spiro atoms. The van der Waals surface area contributed by atoms with E-state index in [0.717, 1.165) is 26.1 Å². The maximum atomic E-state index is 11.4. The Balaban J connectivity index is 2.23. The number of hydrogen-bond acceptors (Lipinski definition) is 3. The van der Waals surface area contributed by atoms with Crippen LogP contribution >= 0.6 is 0 Å². The summed E-state index contributed by atoms with van der Waals surface area (Å²) in [5.41, 5.74) is 0. The van der Waals surface area contributed by atoms with E-state index in [0.29, 0.717) is 5.92 Å². The van der Waals surface area contributed by atoms with Gasteiger partial charge in [-0.1, -0.05) is 0 Å². The van der Waals surface area contributed by atoms with Gasteiger partial charge >= 0.3 is 5.97 Å². The fourth-order valence-electron chi connectivity index (χ4n) is 1.88. The Labute approximate surface area is 95.2 Å². The van der Waals surface area contributed by atoms with Gasteiger partial charge in [-0.25, -0.2) is 0 Å². The van der Waals surface area contributed by atoms with Crippen LogP contribution in [0.4, 0.5) is 0 Å². The zero-order chi connectivity index (χ0) is 12.0. The highest BCUT2D eigenvalue weighted by Crippen LogP contribution is 2.18. The Bertz CT molecular complexity index is 248. The third-order valence-electron chi connectivity index (χ3n) is 2.93. The van der Waals surface area contributed by atoms with E-state index in [1.807, 2.05) is 6.92 Å². The van der Waals surface area contributed by atoms with E-state index in [4.69, 9.17) is 9.84 Å². The second-order valence-electron chi connectivity index (χ2n) is 4.20. The molecule has 1 saturated heterocycles. The average Bonchev–Trinajstić information content (AvgIpc) is 2.27. The number of ether oxygens (including phenoxy) is 1. The number of carbonyl (C=O) groups is 2. The molecule has 1 aliphatic rings. The predicted octanol–water partition coefficient (Wildman–Crippen LogP) is 0.782. The number of carbonyl (C=O) groups excluding carboxylic acids is 1. The molecule has 0 aromatic carbocycles. The fourth-order valence-corrected chi connectivity index (χ4v) is 1.88. The maximum Gasteiger partial charge on any atom is 0.303 e. The van der Waals surface area contributed by atoms with Crippen molar-refractivity contribution >= 4 is 11.9 Å². The Morgan fingerprint density at radius 2 is 2.00 bits per heavy atom. The lowest BCUT2D eigenvalue weighted by atomic mass is 9.93. The third kappa shape index (κ3) is 4.61. The molecule has 0 radical (unpaired) electrons. The molecule has 5 nitrogen and oxygen atoms in total. The van der Waals surface area contributed by atoms with Gasteiger partial charge in [0.2, 0.25) is 5.91 Å². The first-order chi connectivity index (χ1) is 7.59. The van der Waals surface area contributed by atoms with Crippen LogP contribution in [-0.2, 0) is 14.3 Å². The second-order valence-corrected chi connectivity index (χ2v) is 4.20. The standard InChI is InChI=1S/C11H19NO4/c1-8(9-4-6-16-7-5-9)12-10(13)2-3-11(14)15/h8-9H,2-7H2,1H3,(H,12,13)(H,14,15). The zero-order valence-corrected chi connectivity index (χ0v) is 9.57. The highest BCUT2D eigenvalue weighted by Gasteiger charge is 2.21. The smallest absolute Gasteiger partial charge is 0.303 e. The molecule has 1 atom stereocenters. The fraction of sp³-hybridized carbons (Fsp3) is 0.818. The topological polar surface area (TPSA) is 75.6 Å². The van der Waals surface area contributed by atoms with Crippen molar-refractivity contribution in [1.82, 2.24) is 5.32 Å². The normalized spacial score (nSPS) is 19.1. The van der Waals surface area contributed by atoms with Crippen LogP contribution in [0.25, 0.3) is 0 Å². The van der Waals surface area contributed by atoms with E-state index in [-0.39, 0.29) is 24.8 Å². The number of rotatable bonds is 5. The van der Waals surface area contributed by atoms with Crippen LogP contribution in [0.15, 0.2) is 0 Å². The van der Waals surface area contributed by atoms with Crippen LogP contribution in [0.5, 0.6) is 0 Å². The van der Waals surface area contributed by atoms with E-state index < -0.39 is 5.97 Å². The summed E-state index contributed by atoms with van der Waals surface area (Å²) in [4.78, 5) is 21.7. The molecule has 16 heavy (non-hydrogen) atoms. The number of hydrogen-bond donors (Lipinski definition) is 2. The van der Waals surface area contributed by atoms with Crippen molar-refractivity contribution < 1.29 is 19.4 Å². The highest BCUT2D eigenvalue weighted by molar-refractivity contribution is 5.80. The van der Waals surface area contributed by atoms with Crippen molar-refractivity contribution in [2.75, 3.05) is 13.2 Å². The van der Waals surface area contributed by atoms with Crippen LogP contribution in [0, 0.1) is 5.92 Å². The molecule has 0 aromatic heterocycles. The molecule has 1 unspecified atom stereocenters. The molecule has 0 aliphatic carbocycles. The molecule has 0 saturated carbocycles. The molecular weight excluding hydrogens is 210 g/mol. The van der Waals surface area contributed by atoms with Crippen molar-refractivity contribution in [2.24, 2.45) is 5.92 Å². The molecule has 0 aromatic rings. The lowest BCUT2D eigenvalue weighted by Crippen LogP contribution is -2.40. The minimum Gasteiger partial charge on any atom is -0.481 e. The molecule has 1 rings (SSSR count). The van der Waals surface area contributed by atoms with Crippen LogP contribution < -0.4 is 5.32 Å². The van der Waals surface area contributed by atoms with E-state index in [1.54, 1.807) is 0 Å². The zero-order valence-electron chi connectivity index (χ0n) is 9.57. The van der Waals surface area contributed by atoms with Crippen molar-refractivity contribution in [1.29, 1.82) is 0 Å². The summed E-state index contributed by atoms with van der Waals surface area (Å²) < 4.78 is 5.24. The van der Waals surface area contributed by atoms with Gasteiger partial charge in [-0.2, -0.15) is 0 Å². The van der Waals surface area contributed by atoms with Gasteiger partial charge < -0.3 is 15.2 Å². The summed E-state index contributed by atoms with van der Waals surface area (Å²) in [6.45, 7) is 3.47. The Morgan fingerprint density at radius 1 is 1.38 bits per heavy atom. The van der Waals surface area contributed by atoms with Crippen LogP contribution in [0.3, 0.4) is 0 Å². The third-order valence-corrected chi connectivity index (χ3v) is 2.93. The van der Waals surface area contributed by atoms with Gasteiger partial charge in [0, 0.05) is 25.7 Å². The quantitative estimate of drug-likeness (QED) is 0.730. The summed E-state index contributed by atoms with van der Waals surface area (Å²) in [5.74, 6) is -0.669. The molecule has 0 bridgehead atoms. The molecule has 2 N–H and O–H groups in total. The monoisotopic (exact) mass is 229 g/mol. The van der Waals surface area contributed by atoms with Crippen molar-refractivity contribution in [3.63, 3.8) is 0 Å². The first kappa shape index (κ1) is 13.0. The number of amides is 1. The van der Waals surface area contributed by atoms with Gasteiger partial charge in [-0.3, -0.25) is 9.59 Å². The molecule has 1 amide bonds. The number of carboxylic acids is 1. The van der Waals surface area contributed by atoms with Crippen LogP contribution in [0.2, 0.25) is 0 Å². The number of carboxylic acid groups (broad SMARTS) is 1. The van der Waals surface area contributed by atoms with E-state index in [9.17, 15) is 9.59 Å². The van der Waals surface area contributed by atoms with Crippen LogP contribution in [0.1, 0.15) is 32.6 Å². The number of nitrogens with one attached hydrogen (secondary N) is 1. The largest absolute Gasteiger partial charge is 0.481 e. The number of aliphatic carboxylic acids is 1. The van der Waals surface area contributed by atoms with Crippen LogP contribution in [-0.4, -0.2) is 36.2 Å². The van der Waals surface area contributed by atoms with Crippen molar-refractivity contribution in [2.45, 2.75) is 38.6 Å². The first-order valence-corrected chi connectivity index (χ1v) is 5.68. The predicted molar refractivity (Wildman–Crippen MR) is 58.0 cm³/mol. The Morgan fingerprint density at radius 3 is 2.56 bits per heavy atom. The molecular formula is C11H19NO4. The van der Waals surface area contributed by atoms with Gasteiger partial charge in [0.1, 0.15) is 0 Å². The first-order valence-electron chi connectivity index (χ1n) is 5.68. The van der Waals surface area contributed by atoms with E-state index >= 15 is 0 Å². The summed E-state index contributed by atoms with van der Waals surface area (Å²) in [6, 6.07) is 0.102. The molecule has 92 valence electrons. The van der Waals surface area contributed by atoms with E-state index in [1.165, 1.54) is 0 Å². The van der Waals surface area contributed by atoms with Gasteiger partial charge in [0.25, 0.3) is 0 Å². The summed E-state index contributed by atoms with van der Waals surface area (Å²) >= 11 is 0. The second kappa shape index (κ2) is 6.48. The highest BCUT2D eigenvalue weighted by atomic mass is 16.5. The van der Waals surface area contributed by atoms with Gasteiger partial charge in [-0.05, 0) is 25.7 Å². The molecule has 5 heteroatoms. The summed E-state index contributed by atoms with van der Waals surface area (Å²) in [5, 5.41) is 11.3. The minimum absolute atomic E-state index is 0.0584. The van der Waals surface area contributed by atoms with E-state index in [2.05, 4.69) is 5.32 Å². The van der Waals surface area contributed by atoms with Gasteiger partial charge in [-0.15, -0.1) is 0 Å².